The molecular weight excluding hydrogens is 194 g/mol. The summed E-state index contributed by atoms with van der Waals surface area (Å²) in [6.45, 7) is 2.54. The van der Waals surface area contributed by atoms with Gasteiger partial charge in [-0.15, -0.1) is 0 Å². The predicted molar refractivity (Wildman–Crippen MR) is 46.6 cm³/mol. The average molecular weight is 207 g/mol. The summed E-state index contributed by atoms with van der Waals surface area (Å²) in [6.07, 6.45) is 1.71. The zero-order valence-corrected chi connectivity index (χ0v) is 8.48. The SMILES string of the molecule is CC1(CCC(=O)NS(C)(=O)=O)CO1. The van der Waals surface area contributed by atoms with Crippen molar-refractivity contribution in [1.29, 1.82) is 0 Å². The monoisotopic (exact) mass is 207 g/mol. The zero-order chi connectivity index (χ0) is 10.1. The molecule has 0 spiro atoms. The van der Waals surface area contributed by atoms with Gasteiger partial charge in [0.25, 0.3) is 0 Å². The summed E-state index contributed by atoms with van der Waals surface area (Å²) in [5.74, 6) is -0.473. The lowest BCUT2D eigenvalue weighted by molar-refractivity contribution is -0.119. The van der Waals surface area contributed by atoms with E-state index in [4.69, 9.17) is 4.74 Å². The predicted octanol–water partition coefficient (Wildman–Crippen LogP) is -0.369. The zero-order valence-electron chi connectivity index (χ0n) is 7.66. The summed E-state index contributed by atoms with van der Waals surface area (Å²) in [5, 5.41) is 0. The number of ether oxygens (including phenoxy) is 1. The lowest BCUT2D eigenvalue weighted by Gasteiger charge is -2.04. The number of amides is 1. The van der Waals surface area contributed by atoms with Crippen molar-refractivity contribution in [3.63, 3.8) is 0 Å². The van der Waals surface area contributed by atoms with Gasteiger partial charge in [-0.3, -0.25) is 9.52 Å². The van der Waals surface area contributed by atoms with E-state index in [2.05, 4.69) is 0 Å². The highest BCUT2D eigenvalue weighted by Crippen LogP contribution is 2.30. The van der Waals surface area contributed by atoms with E-state index in [9.17, 15) is 13.2 Å². The fourth-order valence-electron chi connectivity index (χ4n) is 0.903. The number of rotatable bonds is 4. The first kappa shape index (κ1) is 10.5. The van der Waals surface area contributed by atoms with Crippen LogP contribution >= 0.6 is 0 Å². The largest absolute Gasteiger partial charge is 0.370 e. The Morgan fingerprint density at radius 2 is 2.15 bits per heavy atom. The van der Waals surface area contributed by atoms with Gasteiger partial charge in [-0.25, -0.2) is 8.42 Å². The summed E-state index contributed by atoms with van der Waals surface area (Å²) < 4.78 is 28.2. The molecule has 0 aromatic heterocycles. The van der Waals surface area contributed by atoms with E-state index in [0.29, 0.717) is 13.0 Å². The third-order valence-electron chi connectivity index (χ3n) is 1.82. The van der Waals surface area contributed by atoms with Crippen LogP contribution in [0, 0.1) is 0 Å². The number of epoxide rings is 1. The molecule has 6 heteroatoms. The van der Waals surface area contributed by atoms with Crippen molar-refractivity contribution in [3.05, 3.63) is 0 Å². The fourth-order valence-corrected chi connectivity index (χ4v) is 1.42. The number of carbonyl (C=O) groups excluding carboxylic acids is 1. The topological polar surface area (TPSA) is 75.8 Å². The molecule has 5 nitrogen and oxygen atoms in total. The Morgan fingerprint density at radius 1 is 1.62 bits per heavy atom. The minimum Gasteiger partial charge on any atom is -0.370 e. The van der Waals surface area contributed by atoms with Crippen molar-refractivity contribution >= 4 is 15.9 Å². The summed E-state index contributed by atoms with van der Waals surface area (Å²) in [6, 6.07) is 0. The molecule has 1 saturated heterocycles. The van der Waals surface area contributed by atoms with Crippen molar-refractivity contribution in [3.8, 4) is 0 Å². The lowest BCUT2D eigenvalue weighted by Crippen LogP contribution is -2.29. The van der Waals surface area contributed by atoms with Crippen LogP contribution in [0.15, 0.2) is 0 Å². The van der Waals surface area contributed by atoms with Gasteiger partial charge in [-0.1, -0.05) is 0 Å². The Kier molecular flexibility index (Phi) is 2.63. The van der Waals surface area contributed by atoms with E-state index in [1.807, 2.05) is 11.6 Å². The molecule has 0 aliphatic carbocycles. The van der Waals surface area contributed by atoms with Gasteiger partial charge in [-0.2, -0.15) is 0 Å². The number of sulfonamides is 1. The second-order valence-electron chi connectivity index (χ2n) is 3.54. The highest BCUT2D eigenvalue weighted by molar-refractivity contribution is 7.89. The van der Waals surface area contributed by atoms with E-state index < -0.39 is 15.9 Å². The van der Waals surface area contributed by atoms with Crippen LogP contribution < -0.4 is 4.72 Å². The Hall–Kier alpha value is -0.620. The van der Waals surface area contributed by atoms with Gasteiger partial charge in [0.2, 0.25) is 15.9 Å². The second kappa shape index (κ2) is 3.26. The minimum atomic E-state index is -3.41. The molecule has 0 aromatic carbocycles. The van der Waals surface area contributed by atoms with Crippen LogP contribution in [0.5, 0.6) is 0 Å². The number of hydrogen-bond acceptors (Lipinski definition) is 4. The Labute approximate surface area is 77.5 Å². The maximum atomic E-state index is 11.0. The van der Waals surface area contributed by atoms with Crippen molar-refractivity contribution in [1.82, 2.24) is 4.72 Å². The first-order chi connectivity index (χ1) is 5.81. The molecule has 0 radical (unpaired) electrons. The summed E-state index contributed by atoms with van der Waals surface area (Å²) in [7, 11) is -3.41. The maximum absolute atomic E-state index is 11.0. The van der Waals surface area contributed by atoms with E-state index in [0.717, 1.165) is 6.26 Å². The Morgan fingerprint density at radius 3 is 2.54 bits per heavy atom. The van der Waals surface area contributed by atoms with E-state index in [1.54, 1.807) is 0 Å². The summed E-state index contributed by atoms with van der Waals surface area (Å²) in [4.78, 5) is 11.0. The molecule has 76 valence electrons. The van der Waals surface area contributed by atoms with Crippen LogP contribution in [0.2, 0.25) is 0 Å². The lowest BCUT2D eigenvalue weighted by atomic mass is 10.1. The van der Waals surface area contributed by atoms with Crippen LogP contribution in [0.1, 0.15) is 19.8 Å². The van der Waals surface area contributed by atoms with E-state index in [1.165, 1.54) is 0 Å². The molecule has 0 bridgehead atoms. The number of nitrogens with one attached hydrogen (secondary N) is 1. The molecule has 1 atom stereocenters. The van der Waals surface area contributed by atoms with Crippen molar-refractivity contribution < 1.29 is 17.9 Å². The van der Waals surface area contributed by atoms with Gasteiger partial charge in [0.05, 0.1) is 18.5 Å². The molecule has 1 N–H and O–H groups in total. The first-order valence-corrected chi connectivity index (χ1v) is 5.84. The normalized spacial score (nSPS) is 26.9. The summed E-state index contributed by atoms with van der Waals surface area (Å²) >= 11 is 0. The molecule has 13 heavy (non-hydrogen) atoms. The van der Waals surface area contributed by atoms with Gasteiger partial charge in [-0.05, 0) is 13.3 Å². The van der Waals surface area contributed by atoms with Crippen LogP contribution in [0.3, 0.4) is 0 Å². The maximum Gasteiger partial charge on any atom is 0.233 e. The Bertz CT molecular complexity index is 304. The van der Waals surface area contributed by atoms with E-state index in [-0.39, 0.29) is 12.0 Å². The number of carbonyl (C=O) groups is 1. The molecule has 1 aliphatic heterocycles. The molecular formula is C7H13NO4S. The molecule has 0 saturated carbocycles. The third kappa shape index (κ3) is 4.23. The number of hydrogen-bond donors (Lipinski definition) is 1. The quantitative estimate of drug-likeness (QED) is 0.638. The standard InChI is InChI=1S/C7H13NO4S/c1-7(5-12-7)4-3-6(9)8-13(2,10)11/h3-5H2,1-2H3,(H,8,9). The molecule has 1 heterocycles. The van der Waals surface area contributed by atoms with Crippen LogP contribution in [-0.4, -0.2) is 32.8 Å². The molecule has 1 fully saturated rings. The third-order valence-corrected chi connectivity index (χ3v) is 2.42. The molecule has 1 aliphatic rings. The molecule has 1 unspecified atom stereocenters. The summed E-state index contributed by atoms with van der Waals surface area (Å²) in [5.41, 5.74) is -0.200. The highest BCUT2D eigenvalue weighted by Gasteiger charge is 2.39. The van der Waals surface area contributed by atoms with Crippen LogP contribution in [0.25, 0.3) is 0 Å². The second-order valence-corrected chi connectivity index (χ2v) is 5.28. The van der Waals surface area contributed by atoms with E-state index >= 15 is 0 Å². The van der Waals surface area contributed by atoms with Gasteiger partial charge >= 0.3 is 0 Å². The van der Waals surface area contributed by atoms with Crippen molar-refractivity contribution in [2.24, 2.45) is 0 Å². The van der Waals surface area contributed by atoms with Gasteiger partial charge in [0, 0.05) is 6.42 Å². The van der Waals surface area contributed by atoms with Crippen molar-refractivity contribution in [2.75, 3.05) is 12.9 Å². The molecule has 0 aromatic rings. The average Bonchev–Trinajstić information content (AvgIpc) is 2.62. The Balaban J connectivity index is 2.26. The van der Waals surface area contributed by atoms with Gasteiger partial charge < -0.3 is 4.74 Å². The minimum absolute atomic E-state index is 0.184. The van der Waals surface area contributed by atoms with Gasteiger partial charge in [0.15, 0.2) is 0 Å². The van der Waals surface area contributed by atoms with Crippen LogP contribution in [0.4, 0.5) is 0 Å². The van der Waals surface area contributed by atoms with Gasteiger partial charge in [0.1, 0.15) is 0 Å². The highest BCUT2D eigenvalue weighted by atomic mass is 32.2. The molecule has 1 amide bonds. The van der Waals surface area contributed by atoms with Crippen LogP contribution in [-0.2, 0) is 19.6 Å². The van der Waals surface area contributed by atoms with Crippen molar-refractivity contribution in [2.45, 2.75) is 25.4 Å². The fraction of sp³-hybridized carbons (Fsp3) is 0.857. The molecule has 1 rings (SSSR count). The first-order valence-electron chi connectivity index (χ1n) is 3.95. The smallest absolute Gasteiger partial charge is 0.233 e.